The van der Waals surface area contributed by atoms with Gasteiger partial charge >= 0.3 is 0 Å². The monoisotopic (exact) mass is 461 g/mol. The minimum atomic E-state index is -0.562. The molecular formula is C18H10BrCl2N5O. The Labute approximate surface area is 172 Å². The number of halogens is 3. The first-order valence-electron chi connectivity index (χ1n) is 7.53. The molecule has 0 amide bonds. The average Bonchev–Trinajstić information content (AvgIpc) is 2.66. The van der Waals surface area contributed by atoms with E-state index in [0.717, 1.165) is 0 Å². The highest BCUT2D eigenvalue weighted by Gasteiger charge is 2.13. The van der Waals surface area contributed by atoms with E-state index in [1.807, 2.05) is 12.1 Å². The van der Waals surface area contributed by atoms with Gasteiger partial charge in [0.1, 0.15) is 11.6 Å². The number of aromatic nitrogens is 2. The van der Waals surface area contributed by atoms with Gasteiger partial charge in [-0.3, -0.25) is 9.78 Å². The molecule has 0 aliphatic carbocycles. The Morgan fingerprint density at radius 1 is 1.26 bits per heavy atom. The Hall–Kier alpha value is -2.66. The number of nitrogens with one attached hydrogen (secondary N) is 2. The van der Waals surface area contributed by atoms with Gasteiger partial charge in [0.25, 0.3) is 5.56 Å². The second kappa shape index (κ2) is 8.35. The summed E-state index contributed by atoms with van der Waals surface area (Å²) in [5.41, 5.74) is 3.49. The molecule has 0 radical (unpaired) electrons. The SMILES string of the molecule is N#Cc1c(-c2ccccc2)nc(NN=Cc2cc(Cl)cc(Br)c2Cl)[nH]c1=O. The van der Waals surface area contributed by atoms with Crippen LogP contribution in [0.3, 0.4) is 0 Å². The second-order valence-electron chi connectivity index (χ2n) is 5.28. The second-order valence-corrected chi connectivity index (χ2v) is 6.95. The number of benzene rings is 2. The van der Waals surface area contributed by atoms with E-state index in [-0.39, 0.29) is 17.2 Å². The van der Waals surface area contributed by atoms with Crippen LogP contribution >= 0.6 is 39.1 Å². The fourth-order valence-electron chi connectivity index (χ4n) is 2.27. The summed E-state index contributed by atoms with van der Waals surface area (Å²) >= 11 is 15.5. The minimum Gasteiger partial charge on any atom is -0.290 e. The predicted molar refractivity (Wildman–Crippen MR) is 110 cm³/mol. The molecule has 0 aliphatic rings. The van der Waals surface area contributed by atoms with Gasteiger partial charge in [-0.05, 0) is 28.1 Å². The maximum Gasteiger partial charge on any atom is 0.270 e. The van der Waals surface area contributed by atoms with Crippen LogP contribution in [0.25, 0.3) is 11.3 Å². The molecule has 27 heavy (non-hydrogen) atoms. The number of nitriles is 1. The largest absolute Gasteiger partial charge is 0.290 e. The molecule has 0 spiro atoms. The number of nitrogens with zero attached hydrogens (tertiary/aromatic N) is 3. The van der Waals surface area contributed by atoms with E-state index in [1.54, 1.807) is 36.4 Å². The summed E-state index contributed by atoms with van der Waals surface area (Å²) in [5.74, 6) is 0.0892. The van der Waals surface area contributed by atoms with E-state index < -0.39 is 5.56 Å². The summed E-state index contributed by atoms with van der Waals surface area (Å²) in [6.07, 6.45) is 1.44. The predicted octanol–water partition coefficient (Wildman–Crippen LogP) is 4.82. The van der Waals surface area contributed by atoms with Crippen molar-refractivity contribution in [3.8, 4) is 17.3 Å². The number of anilines is 1. The number of H-pyrrole nitrogens is 1. The molecule has 0 fully saturated rings. The fourth-order valence-corrected chi connectivity index (χ4v) is 3.26. The first-order chi connectivity index (χ1) is 13.0. The average molecular weight is 463 g/mol. The fraction of sp³-hybridized carbons (Fsp3) is 0. The molecule has 0 bridgehead atoms. The molecule has 2 aromatic carbocycles. The standard InChI is InChI=1S/C18H10BrCl2N5O/c19-14-7-12(20)6-11(15(14)21)9-23-26-18-24-16(10-4-2-1-3-5-10)13(8-22)17(27)25-18/h1-7,9H,(H2,24,25,26,27). The molecule has 1 heterocycles. The zero-order valence-electron chi connectivity index (χ0n) is 13.5. The molecule has 0 saturated carbocycles. The summed E-state index contributed by atoms with van der Waals surface area (Å²) in [6, 6.07) is 14.1. The van der Waals surface area contributed by atoms with Gasteiger partial charge in [-0.1, -0.05) is 53.5 Å². The zero-order valence-corrected chi connectivity index (χ0v) is 16.6. The Balaban J connectivity index is 1.94. The molecule has 9 heteroatoms. The smallest absolute Gasteiger partial charge is 0.270 e. The molecule has 1 aromatic heterocycles. The van der Waals surface area contributed by atoms with E-state index in [0.29, 0.717) is 25.6 Å². The van der Waals surface area contributed by atoms with E-state index in [4.69, 9.17) is 23.2 Å². The van der Waals surface area contributed by atoms with Crippen molar-refractivity contribution in [3.05, 3.63) is 78.5 Å². The molecular weight excluding hydrogens is 453 g/mol. The lowest BCUT2D eigenvalue weighted by Crippen LogP contribution is -2.16. The molecule has 134 valence electrons. The van der Waals surface area contributed by atoms with Gasteiger partial charge in [-0.15, -0.1) is 0 Å². The highest BCUT2D eigenvalue weighted by atomic mass is 79.9. The van der Waals surface area contributed by atoms with Crippen LogP contribution in [0.15, 0.2) is 56.8 Å². The maximum absolute atomic E-state index is 12.2. The number of hydrogen-bond donors (Lipinski definition) is 2. The molecule has 0 unspecified atom stereocenters. The maximum atomic E-state index is 12.2. The Kier molecular flexibility index (Phi) is 5.91. The lowest BCUT2D eigenvalue weighted by molar-refractivity contribution is 1.08. The number of rotatable bonds is 4. The molecule has 0 saturated heterocycles. The van der Waals surface area contributed by atoms with Crippen LogP contribution in [0.2, 0.25) is 10.0 Å². The first kappa shape index (κ1) is 19.1. The van der Waals surface area contributed by atoms with Gasteiger partial charge in [0.15, 0.2) is 0 Å². The van der Waals surface area contributed by atoms with E-state index in [9.17, 15) is 10.1 Å². The van der Waals surface area contributed by atoms with Crippen molar-refractivity contribution in [2.24, 2.45) is 5.10 Å². The van der Waals surface area contributed by atoms with Gasteiger partial charge in [0, 0.05) is 20.6 Å². The summed E-state index contributed by atoms with van der Waals surface area (Å²) < 4.78 is 0.634. The molecule has 0 atom stereocenters. The third kappa shape index (κ3) is 4.37. The normalized spacial score (nSPS) is 10.7. The highest BCUT2D eigenvalue weighted by Crippen LogP contribution is 2.29. The highest BCUT2D eigenvalue weighted by molar-refractivity contribution is 9.10. The van der Waals surface area contributed by atoms with Crippen molar-refractivity contribution in [2.75, 3.05) is 5.43 Å². The third-order valence-corrected chi connectivity index (χ3v) is 4.97. The number of aromatic amines is 1. The van der Waals surface area contributed by atoms with Crippen LogP contribution in [0.5, 0.6) is 0 Å². The lowest BCUT2D eigenvalue weighted by atomic mass is 10.1. The summed E-state index contributed by atoms with van der Waals surface area (Å²) in [6.45, 7) is 0. The van der Waals surface area contributed by atoms with E-state index >= 15 is 0 Å². The van der Waals surface area contributed by atoms with Crippen LogP contribution in [0.1, 0.15) is 11.1 Å². The van der Waals surface area contributed by atoms with Gasteiger partial charge in [0.05, 0.1) is 16.9 Å². The molecule has 3 aromatic rings. The van der Waals surface area contributed by atoms with Crippen molar-refractivity contribution >= 4 is 51.3 Å². The van der Waals surface area contributed by atoms with E-state index in [2.05, 4.69) is 36.4 Å². The van der Waals surface area contributed by atoms with Crippen LogP contribution in [-0.4, -0.2) is 16.2 Å². The van der Waals surface area contributed by atoms with Crippen molar-refractivity contribution in [2.45, 2.75) is 0 Å². The Bertz CT molecular complexity index is 1120. The topological polar surface area (TPSA) is 93.9 Å². The quantitative estimate of drug-likeness (QED) is 0.330. The summed E-state index contributed by atoms with van der Waals surface area (Å²) in [7, 11) is 0. The third-order valence-electron chi connectivity index (χ3n) is 3.47. The van der Waals surface area contributed by atoms with Crippen molar-refractivity contribution in [3.63, 3.8) is 0 Å². The molecule has 6 nitrogen and oxygen atoms in total. The molecule has 2 N–H and O–H groups in total. The van der Waals surface area contributed by atoms with Gasteiger partial charge in [0.2, 0.25) is 5.95 Å². The summed E-state index contributed by atoms with van der Waals surface area (Å²) in [5, 5.41) is 14.2. The van der Waals surface area contributed by atoms with Crippen molar-refractivity contribution in [1.82, 2.24) is 9.97 Å². The van der Waals surface area contributed by atoms with Gasteiger partial charge < -0.3 is 0 Å². The number of hydrogen-bond acceptors (Lipinski definition) is 5. The van der Waals surface area contributed by atoms with Crippen LogP contribution < -0.4 is 11.0 Å². The van der Waals surface area contributed by atoms with Crippen molar-refractivity contribution < 1.29 is 0 Å². The minimum absolute atomic E-state index is 0.0717. The summed E-state index contributed by atoms with van der Waals surface area (Å²) in [4.78, 5) is 19.0. The zero-order chi connectivity index (χ0) is 19.4. The Morgan fingerprint density at radius 2 is 2.00 bits per heavy atom. The Morgan fingerprint density at radius 3 is 2.70 bits per heavy atom. The number of hydrazone groups is 1. The molecule has 3 rings (SSSR count). The lowest BCUT2D eigenvalue weighted by Gasteiger charge is -2.06. The van der Waals surface area contributed by atoms with Crippen LogP contribution in [0.4, 0.5) is 5.95 Å². The van der Waals surface area contributed by atoms with Gasteiger partial charge in [-0.2, -0.15) is 10.4 Å². The van der Waals surface area contributed by atoms with Crippen molar-refractivity contribution in [1.29, 1.82) is 5.26 Å². The van der Waals surface area contributed by atoms with Gasteiger partial charge in [-0.25, -0.2) is 10.4 Å². The van der Waals surface area contributed by atoms with Crippen LogP contribution in [0, 0.1) is 11.3 Å². The van der Waals surface area contributed by atoms with E-state index in [1.165, 1.54) is 6.21 Å². The first-order valence-corrected chi connectivity index (χ1v) is 9.08. The van der Waals surface area contributed by atoms with Crippen LogP contribution in [-0.2, 0) is 0 Å². The molecule has 0 aliphatic heterocycles.